The van der Waals surface area contributed by atoms with Crippen LogP contribution in [-0.4, -0.2) is 15.6 Å². The van der Waals surface area contributed by atoms with Crippen LogP contribution in [0.25, 0.3) is 16.3 Å². The van der Waals surface area contributed by atoms with Crippen molar-refractivity contribution in [1.82, 2.24) is 15.0 Å². The number of thiophene rings is 1. The van der Waals surface area contributed by atoms with Gasteiger partial charge in [0.25, 0.3) is 5.91 Å². The molecule has 1 amide bonds. The maximum atomic E-state index is 12.3. The first kappa shape index (κ1) is 15.4. The number of aromatic nitrogens is 2. The van der Waals surface area contributed by atoms with E-state index in [1.54, 1.807) is 11.3 Å². The summed E-state index contributed by atoms with van der Waals surface area (Å²) in [6.45, 7) is 0.326. The second-order valence-corrected chi connectivity index (χ2v) is 6.43. The van der Waals surface area contributed by atoms with Gasteiger partial charge in [-0.3, -0.25) is 4.79 Å². The first-order chi connectivity index (χ1) is 12.3. The average molecular weight is 349 g/mol. The van der Waals surface area contributed by atoms with Crippen LogP contribution in [0.1, 0.15) is 16.1 Å². The van der Waals surface area contributed by atoms with Gasteiger partial charge < -0.3 is 14.4 Å². The average Bonchev–Trinajstić information content (AvgIpc) is 3.42. The zero-order chi connectivity index (χ0) is 17.1. The molecule has 6 heteroatoms. The van der Waals surface area contributed by atoms with Gasteiger partial charge in [-0.05, 0) is 47.8 Å². The van der Waals surface area contributed by atoms with E-state index in [-0.39, 0.29) is 5.91 Å². The quantitative estimate of drug-likeness (QED) is 0.589. The van der Waals surface area contributed by atoms with Crippen molar-refractivity contribution < 1.29 is 9.32 Å². The van der Waals surface area contributed by atoms with Crippen molar-refractivity contribution in [2.45, 2.75) is 6.54 Å². The van der Waals surface area contributed by atoms with E-state index in [0.717, 1.165) is 16.3 Å². The molecule has 124 valence electrons. The highest BCUT2D eigenvalue weighted by molar-refractivity contribution is 7.13. The maximum absolute atomic E-state index is 12.3. The van der Waals surface area contributed by atoms with Crippen LogP contribution in [0, 0.1) is 0 Å². The van der Waals surface area contributed by atoms with Crippen LogP contribution in [0.15, 0.2) is 76.9 Å². The number of hydrogen-bond acceptors (Lipinski definition) is 4. The summed E-state index contributed by atoms with van der Waals surface area (Å²) in [5.41, 5.74) is 2.32. The molecule has 0 aliphatic carbocycles. The zero-order valence-electron chi connectivity index (χ0n) is 13.3. The third kappa shape index (κ3) is 3.39. The summed E-state index contributed by atoms with van der Waals surface area (Å²) in [4.78, 5) is 13.3. The van der Waals surface area contributed by atoms with Crippen molar-refractivity contribution in [3.05, 3.63) is 83.6 Å². The highest BCUT2D eigenvalue weighted by Crippen LogP contribution is 2.25. The Balaban J connectivity index is 1.39. The van der Waals surface area contributed by atoms with Crippen LogP contribution < -0.4 is 5.32 Å². The van der Waals surface area contributed by atoms with Crippen molar-refractivity contribution in [2.75, 3.05) is 0 Å². The summed E-state index contributed by atoms with van der Waals surface area (Å²) in [7, 11) is 0. The number of nitrogens with one attached hydrogen (secondary N) is 1. The molecular weight excluding hydrogens is 334 g/mol. The molecular formula is C19H15N3O2S. The van der Waals surface area contributed by atoms with Crippen LogP contribution in [0.5, 0.6) is 0 Å². The largest absolute Gasteiger partial charge is 0.355 e. The molecule has 0 spiro atoms. The van der Waals surface area contributed by atoms with Gasteiger partial charge in [-0.25, -0.2) is 0 Å². The lowest BCUT2D eigenvalue weighted by Crippen LogP contribution is -2.22. The Labute approximate surface area is 148 Å². The number of rotatable bonds is 5. The van der Waals surface area contributed by atoms with E-state index < -0.39 is 0 Å². The predicted molar refractivity (Wildman–Crippen MR) is 96.8 cm³/mol. The van der Waals surface area contributed by atoms with E-state index in [9.17, 15) is 4.79 Å². The van der Waals surface area contributed by atoms with E-state index in [1.165, 1.54) is 0 Å². The monoisotopic (exact) mass is 349 g/mol. The lowest BCUT2D eigenvalue weighted by molar-refractivity contribution is 0.0950. The van der Waals surface area contributed by atoms with Gasteiger partial charge in [-0.2, -0.15) is 0 Å². The second kappa shape index (κ2) is 6.78. The molecule has 0 unspecified atom stereocenters. The van der Waals surface area contributed by atoms with Crippen LogP contribution in [-0.2, 0) is 6.54 Å². The standard InChI is InChI=1S/C19H15N3O2S/c23-19(14-5-7-16(8-6-14)22-9-1-2-10-22)20-13-15-12-17(24-21-15)18-4-3-11-25-18/h1-12H,13H2,(H,20,23). The SMILES string of the molecule is O=C(NCc1cc(-c2cccs2)on1)c1ccc(-n2cccc2)cc1. The topological polar surface area (TPSA) is 60.1 Å². The number of carbonyl (C=O) groups excluding carboxylic acids is 1. The fourth-order valence-corrected chi connectivity index (χ4v) is 3.17. The van der Waals surface area contributed by atoms with E-state index in [4.69, 9.17) is 4.52 Å². The van der Waals surface area contributed by atoms with E-state index in [2.05, 4.69) is 10.5 Å². The first-order valence-corrected chi connectivity index (χ1v) is 8.69. The molecule has 0 saturated heterocycles. The lowest BCUT2D eigenvalue weighted by atomic mass is 10.2. The molecule has 3 aromatic heterocycles. The van der Waals surface area contributed by atoms with Gasteiger partial charge in [0.15, 0.2) is 5.76 Å². The van der Waals surface area contributed by atoms with Gasteiger partial charge in [-0.15, -0.1) is 11.3 Å². The van der Waals surface area contributed by atoms with Crippen LogP contribution in [0.4, 0.5) is 0 Å². The molecule has 0 aliphatic rings. The molecule has 5 nitrogen and oxygen atoms in total. The molecule has 0 atom stereocenters. The number of nitrogens with zero attached hydrogens (tertiary/aromatic N) is 2. The van der Waals surface area contributed by atoms with Gasteiger partial charge in [0.2, 0.25) is 0 Å². The molecule has 0 radical (unpaired) electrons. The summed E-state index contributed by atoms with van der Waals surface area (Å²) in [6.07, 6.45) is 3.93. The van der Waals surface area contributed by atoms with Crippen molar-refractivity contribution in [1.29, 1.82) is 0 Å². The Kier molecular flexibility index (Phi) is 4.18. The van der Waals surface area contributed by atoms with Gasteiger partial charge in [0.1, 0.15) is 5.69 Å². The van der Waals surface area contributed by atoms with Crippen molar-refractivity contribution >= 4 is 17.2 Å². The van der Waals surface area contributed by atoms with Crippen LogP contribution >= 0.6 is 11.3 Å². The Hall–Kier alpha value is -3.12. The molecule has 25 heavy (non-hydrogen) atoms. The first-order valence-electron chi connectivity index (χ1n) is 7.81. The minimum atomic E-state index is -0.139. The van der Waals surface area contributed by atoms with E-state index in [1.807, 2.05) is 76.9 Å². The molecule has 4 aromatic rings. The molecule has 0 bridgehead atoms. The summed E-state index contributed by atoms with van der Waals surface area (Å²) in [5.74, 6) is 0.579. The Morgan fingerprint density at radius 3 is 2.64 bits per heavy atom. The minimum absolute atomic E-state index is 0.139. The third-order valence-electron chi connectivity index (χ3n) is 3.79. The summed E-state index contributed by atoms with van der Waals surface area (Å²) < 4.78 is 7.30. The highest BCUT2D eigenvalue weighted by Gasteiger charge is 2.10. The number of hydrogen-bond donors (Lipinski definition) is 1. The number of benzene rings is 1. The van der Waals surface area contributed by atoms with Crippen molar-refractivity contribution in [2.24, 2.45) is 0 Å². The van der Waals surface area contributed by atoms with Crippen molar-refractivity contribution in [3.8, 4) is 16.3 Å². The van der Waals surface area contributed by atoms with Gasteiger partial charge in [0.05, 0.1) is 11.4 Å². The predicted octanol–water partition coefficient (Wildman–Crippen LogP) is 4.12. The molecule has 0 saturated carbocycles. The number of amides is 1. The highest BCUT2D eigenvalue weighted by atomic mass is 32.1. The van der Waals surface area contributed by atoms with Gasteiger partial charge in [0, 0.05) is 29.7 Å². The third-order valence-corrected chi connectivity index (χ3v) is 4.67. The van der Waals surface area contributed by atoms with Crippen LogP contribution in [0.3, 0.4) is 0 Å². The lowest BCUT2D eigenvalue weighted by Gasteiger charge is -2.06. The fourth-order valence-electron chi connectivity index (χ4n) is 2.49. The molecule has 1 aromatic carbocycles. The second-order valence-electron chi connectivity index (χ2n) is 5.48. The maximum Gasteiger partial charge on any atom is 0.251 e. The summed E-state index contributed by atoms with van der Waals surface area (Å²) in [5, 5.41) is 8.85. The Morgan fingerprint density at radius 2 is 1.92 bits per heavy atom. The van der Waals surface area contributed by atoms with E-state index >= 15 is 0 Å². The summed E-state index contributed by atoms with van der Waals surface area (Å²) in [6, 6.07) is 17.2. The molecule has 3 heterocycles. The Morgan fingerprint density at radius 1 is 1.12 bits per heavy atom. The molecule has 4 rings (SSSR count). The normalized spacial score (nSPS) is 10.7. The molecule has 0 fully saturated rings. The van der Waals surface area contributed by atoms with Crippen LogP contribution in [0.2, 0.25) is 0 Å². The molecule has 1 N–H and O–H groups in total. The molecule has 0 aliphatic heterocycles. The Bertz CT molecular complexity index is 955. The van der Waals surface area contributed by atoms with Crippen molar-refractivity contribution in [3.63, 3.8) is 0 Å². The van der Waals surface area contributed by atoms with Gasteiger partial charge >= 0.3 is 0 Å². The zero-order valence-corrected chi connectivity index (χ0v) is 14.1. The summed E-state index contributed by atoms with van der Waals surface area (Å²) >= 11 is 1.59. The fraction of sp³-hybridized carbons (Fsp3) is 0.0526. The van der Waals surface area contributed by atoms with Gasteiger partial charge in [-0.1, -0.05) is 11.2 Å². The minimum Gasteiger partial charge on any atom is -0.355 e. The van der Waals surface area contributed by atoms with E-state index in [0.29, 0.717) is 17.8 Å². The smallest absolute Gasteiger partial charge is 0.251 e. The number of carbonyl (C=O) groups is 1.